The molecule has 7 aromatic rings. The van der Waals surface area contributed by atoms with Crippen molar-refractivity contribution in [1.29, 1.82) is 0 Å². The Morgan fingerprint density at radius 1 is 0.946 bits per heavy atom. The van der Waals surface area contributed by atoms with Crippen molar-refractivity contribution >= 4 is 33.8 Å². The Hall–Kier alpha value is -7.10. The lowest BCUT2D eigenvalue weighted by atomic mass is 9.71. The number of alkyl halides is 3. The van der Waals surface area contributed by atoms with Crippen molar-refractivity contribution in [2.45, 2.75) is 45.5 Å². The molecule has 5 heterocycles. The molecule has 0 bridgehead atoms. The van der Waals surface area contributed by atoms with Gasteiger partial charge in [0, 0.05) is 35.3 Å². The number of hydrogen-bond acceptors (Lipinski definition) is 9. The smallest absolute Gasteiger partial charge is 0.507 e. The topological polar surface area (TPSA) is 177 Å². The molecule has 13 nitrogen and oxygen atoms in total. The van der Waals surface area contributed by atoms with Gasteiger partial charge in [-0.1, -0.05) is 18.2 Å². The number of hydrogen-bond donors (Lipinski definition) is 4. The van der Waals surface area contributed by atoms with Crippen molar-refractivity contribution in [2.24, 2.45) is 0 Å². The van der Waals surface area contributed by atoms with Crippen LogP contribution in [0.5, 0.6) is 23.0 Å². The minimum Gasteiger partial charge on any atom is -0.507 e. The van der Waals surface area contributed by atoms with Gasteiger partial charge < -0.3 is 24.7 Å². The van der Waals surface area contributed by atoms with Crippen molar-refractivity contribution < 1.29 is 37.7 Å². The van der Waals surface area contributed by atoms with Crippen molar-refractivity contribution in [1.82, 2.24) is 29.3 Å². The van der Waals surface area contributed by atoms with Crippen LogP contribution in [0.4, 0.5) is 13.2 Å². The third-order valence-electron chi connectivity index (χ3n) is 10.6. The van der Waals surface area contributed by atoms with E-state index in [1.54, 1.807) is 19.9 Å². The van der Waals surface area contributed by atoms with Gasteiger partial charge in [0.1, 0.15) is 39.8 Å². The average Bonchev–Trinajstić information content (AvgIpc) is 3.82. The van der Waals surface area contributed by atoms with Crippen LogP contribution >= 0.6 is 0 Å². The van der Waals surface area contributed by atoms with E-state index in [9.17, 15) is 37.8 Å². The van der Waals surface area contributed by atoms with E-state index in [1.165, 1.54) is 40.4 Å². The first kappa shape index (κ1) is 34.7. The molecule has 0 spiro atoms. The summed E-state index contributed by atoms with van der Waals surface area (Å²) in [5.41, 5.74) is 0.287. The van der Waals surface area contributed by atoms with Crippen LogP contribution in [0.3, 0.4) is 0 Å². The van der Waals surface area contributed by atoms with Gasteiger partial charge in [0.25, 0.3) is 5.56 Å². The lowest BCUT2D eigenvalue weighted by Crippen LogP contribution is -2.36. The van der Waals surface area contributed by atoms with Gasteiger partial charge in [-0.2, -0.15) is 5.10 Å². The van der Waals surface area contributed by atoms with E-state index in [0.717, 1.165) is 28.6 Å². The fraction of sp³-hybridized carbons (Fsp3) is 0.175. The van der Waals surface area contributed by atoms with Crippen LogP contribution in [-0.4, -0.2) is 51.7 Å². The van der Waals surface area contributed by atoms with Crippen molar-refractivity contribution in [2.75, 3.05) is 0 Å². The number of allylic oxidation sites excluding steroid dienone is 1. The van der Waals surface area contributed by atoms with E-state index < -0.39 is 40.3 Å². The molecule has 1 unspecified atom stereocenters. The number of ketones is 1. The molecule has 1 aliphatic carbocycles. The number of aromatic amines is 2. The number of phenolic OH excluding ortho intramolecular Hbond substituents is 2. The largest absolute Gasteiger partial charge is 0.573 e. The van der Waals surface area contributed by atoms with E-state index in [2.05, 4.69) is 19.8 Å². The second-order valence-corrected chi connectivity index (χ2v) is 13.9. The molecule has 0 amide bonds. The molecule has 0 radical (unpaired) electrons. The van der Waals surface area contributed by atoms with Crippen LogP contribution in [0.1, 0.15) is 45.4 Å². The van der Waals surface area contributed by atoms with Gasteiger partial charge in [-0.05, 0) is 75.2 Å². The second-order valence-electron chi connectivity index (χ2n) is 13.9. The van der Waals surface area contributed by atoms with E-state index in [0.29, 0.717) is 17.8 Å². The number of carbonyl (C=O) groups excluding carboxylic acids is 1. The normalized spacial score (nSPS) is 16.1. The van der Waals surface area contributed by atoms with Crippen LogP contribution in [-0.2, 0) is 18.4 Å². The zero-order chi connectivity index (χ0) is 39.4. The highest BCUT2D eigenvalue weighted by Crippen LogP contribution is 2.60. The molecule has 9 rings (SSSR count). The van der Waals surface area contributed by atoms with Crippen LogP contribution in [0.25, 0.3) is 45.0 Å². The second kappa shape index (κ2) is 11.9. The molecule has 16 heteroatoms. The Bertz CT molecular complexity index is 2990. The standard InChI is InChI=1S/C40H29F3N6O7/c1-18-32(50)30(26-13-12-24-36(45-26)48(38(54)46-37(24)53)15-14-20-17-44-25-7-5-4-6-23(20)25)34-31(33(18)51)39(3)28(55-34)16-27-29(35(39)52)19(2)47-49(27)21-8-10-22(11-9-21)56-40(41,42)43/h4-13,16-17,44,50-51H,14-15H2,1-3H3,(H,46,53,54). The fourth-order valence-corrected chi connectivity index (χ4v) is 7.76. The van der Waals surface area contributed by atoms with Crippen LogP contribution < -0.4 is 20.7 Å². The van der Waals surface area contributed by atoms with Crippen LogP contribution in [0.2, 0.25) is 0 Å². The van der Waals surface area contributed by atoms with E-state index in [-0.39, 0.29) is 68.5 Å². The van der Waals surface area contributed by atoms with Crippen LogP contribution in [0.15, 0.2) is 82.2 Å². The maximum atomic E-state index is 14.6. The molecule has 1 atom stereocenters. The number of pyridine rings is 1. The Morgan fingerprint density at radius 3 is 2.45 bits per heavy atom. The number of ether oxygens (including phenoxy) is 2. The number of rotatable bonds is 6. The summed E-state index contributed by atoms with van der Waals surface area (Å²) >= 11 is 0. The van der Waals surface area contributed by atoms with Crippen molar-refractivity contribution in [3.8, 4) is 39.9 Å². The number of carbonyl (C=O) groups is 1. The van der Waals surface area contributed by atoms with Gasteiger partial charge in [0.2, 0.25) is 0 Å². The van der Waals surface area contributed by atoms with Crippen LogP contribution in [0, 0.1) is 13.8 Å². The average molecular weight is 763 g/mol. The van der Waals surface area contributed by atoms with Gasteiger partial charge >= 0.3 is 12.1 Å². The summed E-state index contributed by atoms with van der Waals surface area (Å²) in [7, 11) is 0. The number of aromatic hydroxyl groups is 2. The van der Waals surface area contributed by atoms with Gasteiger partial charge in [0.15, 0.2) is 5.78 Å². The number of aryl methyl sites for hydroxylation is 3. The van der Waals surface area contributed by atoms with E-state index in [4.69, 9.17) is 9.72 Å². The third kappa shape index (κ3) is 5.05. The molecule has 282 valence electrons. The molecule has 0 fully saturated rings. The van der Waals surface area contributed by atoms with E-state index in [1.807, 2.05) is 30.5 Å². The predicted octanol–water partition coefficient (Wildman–Crippen LogP) is 6.48. The number of H-pyrrole nitrogens is 2. The molecule has 2 aliphatic rings. The minimum atomic E-state index is -4.88. The highest BCUT2D eigenvalue weighted by Gasteiger charge is 2.55. The minimum absolute atomic E-state index is 0.0140. The SMILES string of the molecule is Cc1nn(-c2ccc(OC(F)(F)F)cc2)c2c1C(=O)C1(C)C(=C2)Oc2c(-c3ccc4c(=O)[nH]c(=O)n(CCc5c[nH]c6ccccc56)c4n3)c(O)c(C)c(O)c21. The Kier molecular flexibility index (Phi) is 7.39. The summed E-state index contributed by atoms with van der Waals surface area (Å²) in [6.45, 7) is 4.80. The first-order chi connectivity index (χ1) is 26.7. The summed E-state index contributed by atoms with van der Waals surface area (Å²) in [5, 5.41) is 28.8. The zero-order valence-corrected chi connectivity index (χ0v) is 29.7. The molecular formula is C40H29F3N6O7. The van der Waals surface area contributed by atoms with Gasteiger partial charge in [-0.25, -0.2) is 14.5 Å². The van der Waals surface area contributed by atoms with Crippen molar-refractivity contribution in [3.63, 3.8) is 0 Å². The molecule has 4 N–H and O–H groups in total. The first-order valence-electron chi connectivity index (χ1n) is 17.3. The summed E-state index contributed by atoms with van der Waals surface area (Å²) in [4.78, 5) is 51.2. The first-order valence-corrected chi connectivity index (χ1v) is 17.3. The predicted molar refractivity (Wildman–Crippen MR) is 197 cm³/mol. The molecule has 0 saturated heterocycles. The number of Topliss-reactive ketones (excluding diaryl/α,β-unsaturated/α-hetero) is 1. The summed E-state index contributed by atoms with van der Waals surface area (Å²) in [5.74, 6) is -1.69. The number of benzene rings is 3. The number of fused-ring (bicyclic) bond motifs is 6. The Morgan fingerprint density at radius 2 is 1.70 bits per heavy atom. The number of para-hydroxylation sites is 1. The number of phenols is 2. The zero-order valence-electron chi connectivity index (χ0n) is 29.7. The molecule has 3 aromatic carbocycles. The van der Waals surface area contributed by atoms with Crippen molar-refractivity contribution in [3.05, 3.63) is 127 Å². The number of nitrogens with one attached hydrogen (secondary N) is 2. The molecular weight excluding hydrogens is 733 g/mol. The highest BCUT2D eigenvalue weighted by molar-refractivity contribution is 6.14. The van der Waals surface area contributed by atoms with Gasteiger partial charge in [-0.3, -0.25) is 19.1 Å². The highest BCUT2D eigenvalue weighted by atomic mass is 19.4. The quantitative estimate of drug-likeness (QED) is 0.148. The summed E-state index contributed by atoms with van der Waals surface area (Å²) < 4.78 is 51.5. The van der Waals surface area contributed by atoms with E-state index >= 15 is 0 Å². The summed E-state index contributed by atoms with van der Waals surface area (Å²) in [6.07, 6.45) is -1.05. The maximum absolute atomic E-state index is 14.6. The third-order valence-corrected chi connectivity index (χ3v) is 10.6. The maximum Gasteiger partial charge on any atom is 0.573 e. The Labute approximate surface area is 312 Å². The number of halogens is 3. The number of aromatic nitrogens is 6. The molecule has 0 saturated carbocycles. The summed E-state index contributed by atoms with van der Waals surface area (Å²) in [6, 6.07) is 15.6. The Balaban J connectivity index is 1.16. The molecule has 56 heavy (non-hydrogen) atoms. The lowest BCUT2D eigenvalue weighted by Gasteiger charge is -2.27. The number of nitrogens with zero attached hydrogens (tertiary/aromatic N) is 4. The fourth-order valence-electron chi connectivity index (χ4n) is 7.76. The molecule has 1 aliphatic heterocycles. The van der Waals surface area contributed by atoms with Gasteiger partial charge in [-0.15, -0.1) is 13.2 Å². The van der Waals surface area contributed by atoms with Gasteiger partial charge in [0.05, 0.1) is 44.8 Å². The lowest BCUT2D eigenvalue weighted by molar-refractivity contribution is -0.274. The molecule has 4 aromatic heterocycles. The monoisotopic (exact) mass is 762 g/mol.